The first-order valence-electron chi connectivity index (χ1n) is 14.0. The minimum atomic E-state index is -3.59. The number of hydrazine groups is 2. The van der Waals surface area contributed by atoms with E-state index in [9.17, 15) is 13.2 Å². The highest BCUT2D eigenvalue weighted by atomic mass is 32.2. The average Bonchev–Trinajstić information content (AvgIpc) is 3.27. The van der Waals surface area contributed by atoms with E-state index in [1.165, 1.54) is 25.8 Å². The molecule has 5 rings (SSSR count). The highest BCUT2D eigenvalue weighted by Crippen LogP contribution is 2.48. The zero-order valence-electron chi connectivity index (χ0n) is 25.5. The third-order valence-corrected chi connectivity index (χ3v) is 8.73. The van der Waals surface area contributed by atoms with Crippen molar-refractivity contribution in [3.05, 3.63) is 58.9 Å². The number of hydrogen-bond donors (Lipinski definition) is 4. The number of amides is 1. The van der Waals surface area contributed by atoms with Gasteiger partial charge in [0.25, 0.3) is 5.91 Å². The third kappa shape index (κ3) is 5.91. The molecule has 1 unspecified atom stereocenters. The fourth-order valence-corrected chi connectivity index (χ4v) is 5.92. The lowest BCUT2D eigenvalue weighted by Gasteiger charge is -2.26. The minimum Gasteiger partial charge on any atom is -0.492 e. The predicted molar refractivity (Wildman–Crippen MR) is 167 cm³/mol. The van der Waals surface area contributed by atoms with Gasteiger partial charge in [0.15, 0.2) is 5.75 Å². The maximum absolute atomic E-state index is 13.6. The standard InChI is InChI=1S/C30H41N7O4S/c1-18-9-10-19(13-24(18)37-17-23(33-35-37)25-16-31-28(36(25)6)30(5)11-12-30)27(38)32-21-14-20(29(2,3)4)15-22(26(21)41-7)34-42(8,39)40/h9-10,13-15,17,25,33-35H,11-12,16H2,1-8H3,(H,32,38). The molecule has 0 saturated heterocycles. The number of ether oxygens (including phenoxy) is 1. The number of aliphatic imine (C=N–C) groups is 1. The van der Waals surface area contributed by atoms with Crippen LogP contribution in [0.3, 0.4) is 0 Å². The van der Waals surface area contributed by atoms with Gasteiger partial charge in [-0.2, -0.15) is 0 Å². The minimum absolute atomic E-state index is 0.110. The molecule has 3 aliphatic rings. The van der Waals surface area contributed by atoms with E-state index in [0.29, 0.717) is 17.8 Å². The number of carbonyl (C=O) groups is 1. The number of amidine groups is 1. The number of methoxy groups -OCH3 is 1. The lowest BCUT2D eigenvalue weighted by atomic mass is 9.86. The van der Waals surface area contributed by atoms with Crippen molar-refractivity contribution in [2.24, 2.45) is 10.4 Å². The normalized spacial score (nSPS) is 19.7. The maximum atomic E-state index is 13.6. The molecule has 0 radical (unpaired) electrons. The number of aryl methyl sites for hydroxylation is 1. The summed E-state index contributed by atoms with van der Waals surface area (Å²) in [6.45, 7) is 11.0. The summed E-state index contributed by atoms with van der Waals surface area (Å²) in [6, 6.07) is 9.14. The fourth-order valence-electron chi connectivity index (χ4n) is 5.37. The van der Waals surface area contributed by atoms with Gasteiger partial charge in [0, 0.05) is 24.2 Å². The van der Waals surface area contributed by atoms with Crippen molar-refractivity contribution in [1.82, 2.24) is 15.9 Å². The number of anilines is 3. The lowest BCUT2D eigenvalue weighted by Crippen LogP contribution is -2.43. The summed E-state index contributed by atoms with van der Waals surface area (Å²) in [5.74, 6) is 1.05. The number of nitrogens with one attached hydrogen (secondary N) is 4. The van der Waals surface area contributed by atoms with Gasteiger partial charge < -0.3 is 20.4 Å². The molecule has 0 spiro atoms. The van der Waals surface area contributed by atoms with E-state index >= 15 is 0 Å². The van der Waals surface area contributed by atoms with Crippen LogP contribution in [0.1, 0.15) is 62.0 Å². The first-order valence-corrected chi connectivity index (χ1v) is 15.9. The van der Waals surface area contributed by atoms with E-state index < -0.39 is 10.0 Å². The molecular formula is C30H41N7O4S. The lowest BCUT2D eigenvalue weighted by molar-refractivity contribution is 0.102. The Bertz CT molecular complexity index is 1590. The van der Waals surface area contributed by atoms with E-state index in [2.05, 4.69) is 39.9 Å². The van der Waals surface area contributed by atoms with Crippen LogP contribution in [0.5, 0.6) is 5.75 Å². The van der Waals surface area contributed by atoms with E-state index in [4.69, 9.17) is 9.73 Å². The van der Waals surface area contributed by atoms with Crippen LogP contribution in [-0.4, -0.2) is 58.1 Å². The second-order valence-electron chi connectivity index (χ2n) is 12.7. The molecule has 226 valence electrons. The maximum Gasteiger partial charge on any atom is 0.255 e. The van der Waals surface area contributed by atoms with E-state index in [0.717, 1.165) is 28.8 Å². The Hall–Kier alpha value is -3.77. The van der Waals surface area contributed by atoms with Crippen molar-refractivity contribution in [2.45, 2.75) is 58.9 Å². The van der Waals surface area contributed by atoms with Gasteiger partial charge in [-0.25, -0.2) is 8.42 Å². The summed E-state index contributed by atoms with van der Waals surface area (Å²) in [4.78, 5) is 20.7. The molecule has 0 bridgehead atoms. The number of carbonyl (C=O) groups excluding carboxylic acids is 1. The molecule has 1 aliphatic carbocycles. The van der Waals surface area contributed by atoms with Crippen molar-refractivity contribution >= 4 is 38.8 Å². The van der Waals surface area contributed by atoms with Crippen LogP contribution in [0, 0.1) is 12.3 Å². The molecular weight excluding hydrogens is 554 g/mol. The van der Waals surface area contributed by atoms with Gasteiger partial charge in [-0.15, -0.1) is 5.53 Å². The number of benzene rings is 2. The summed E-state index contributed by atoms with van der Waals surface area (Å²) in [5, 5.41) is 4.82. The van der Waals surface area contributed by atoms with Crippen LogP contribution in [0.15, 0.2) is 47.2 Å². The average molecular weight is 596 g/mol. The van der Waals surface area contributed by atoms with Crippen molar-refractivity contribution in [3.63, 3.8) is 0 Å². The summed E-state index contributed by atoms with van der Waals surface area (Å²) < 4.78 is 32.3. The van der Waals surface area contributed by atoms with Gasteiger partial charge in [0.1, 0.15) is 5.84 Å². The molecule has 2 aliphatic heterocycles. The molecule has 2 aromatic carbocycles. The van der Waals surface area contributed by atoms with Crippen LogP contribution in [-0.2, 0) is 15.4 Å². The van der Waals surface area contributed by atoms with Crippen molar-refractivity contribution in [1.29, 1.82) is 0 Å². The van der Waals surface area contributed by atoms with Crippen LogP contribution >= 0.6 is 0 Å². The Morgan fingerprint density at radius 2 is 1.86 bits per heavy atom. The van der Waals surface area contributed by atoms with Gasteiger partial charge in [-0.1, -0.05) is 33.8 Å². The molecule has 1 atom stereocenters. The summed E-state index contributed by atoms with van der Waals surface area (Å²) in [5.41, 5.74) is 11.1. The number of hydrogen-bond acceptors (Lipinski definition) is 9. The smallest absolute Gasteiger partial charge is 0.255 e. The number of nitrogens with zero attached hydrogens (tertiary/aromatic N) is 3. The zero-order valence-corrected chi connectivity index (χ0v) is 26.4. The van der Waals surface area contributed by atoms with Crippen LogP contribution in [0.25, 0.3) is 0 Å². The Morgan fingerprint density at radius 1 is 1.17 bits per heavy atom. The predicted octanol–water partition coefficient (Wildman–Crippen LogP) is 4.11. The Balaban J connectivity index is 1.40. The van der Waals surface area contributed by atoms with E-state index in [1.54, 1.807) is 12.1 Å². The van der Waals surface area contributed by atoms with Crippen molar-refractivity contribution in [2.75, 3.05) is 42.0 Å². The van der Waals surface area contributed by atoms with Gasteiger partial charge in [-0.3, -0.25) is 19.5 Å². The van der Waals surface area contributed by atoms with Gasteiger partial charge in [-0.05, 0) is 60.6 Å². The van der Waals surface area contributed by atoms with Crippen molar-refractivity contribution in [3.8, 4) is 5.75 Å². The molecule has 1 saturated carbocycles. The topological polar surface area (TPSA) is 127 Å². The molecule has 1 fully saturated rings. The summed E-state index contributed by atoms with van der Waals surface area (Å²) in [6.07, 6.45) is 5.44. The third-order valence-electron chi connectivity index (χ3n) is 8.14. The van der Waals surface area contributed by atoms with Crippen molar-refractivity contribution < 1.29 is 17.9 Å². The Kier molecular flexibility index (Phi) is 7.43. The first-order chi connectivity index (χ1) is 19.6. The Labute approximate surface area is 248 Å². The molecule has 0 aromatic heterocycles. The highest BCUT2D eigenvalue weighted by molar-refractivity contribution is 7.92. The molecule has 2 heterocycles. The second-order valence-corrected chi connectivity index (χ2v) is 14.5. The SMILES string of the molecule is COc1c(NC(=O)c2ccc(C)c(N3C=C(C4CN=C(C5(C)CC5)N4C)NN3)c2)cc(C(C)(C)C)cc1NS(C)(=O)=O. The van der Waals surface area contributed by atoms with Gasteiger partial charge in [0.2, 0.25) is 10.0 Å². The molecule has 4 N–H and O–H groups in total. The largest absolute Gasteiger partial charge is 0.492 e. The van der Waals surface area contributed by atoms with E-state index in [-0.39, 0.29) is 34.2 Å². The Morgan fingerprint density at radius 3 is 2.48 bits per heavy atom. The molecule has 12 heteroatoms. The number of rotatable bonds is 8. The molecule has 11 nitrogen and oxygen atoms in total. The van der Waals surface area contributed by atoms with Gasteiger partial charge >= 0.3 is 0 Å². The fraction of sp³-hybridized carbons (Fsp3) is 0.467. The summed E-state index contributed by atoms with van der Waals surface area (Å²) in [7, 11) is -0.0489. The molecule has 2 aromatic rings. The highest BCUT2D eigenvalue weighted by Gasteiger charge is 2.48. The quantitative estimate of drug-likeness (QED) is 0.359. The van der Waals surface area contributed by atoms with E-state index in [1.807, 2.05) is 57.1 Å². The first kappa shape index (κ1) is 29.7. The zero-order chi connectivity index (χ0) is 30.6. The second kappa shape index (κ2) is 10.5. The number of likely N-dealkylation sites (N-methyl/N-ethyl adjacent to an activating group) is 1. The molecule has 1 amide bonds. The van der Waals surface area contributed by atoms with Crippen LogP contribution in [0.4, 0.5) is 17.1 Å². The number of sulfonamides is 1. The van der Waals surface area contributed by atoms with Gasteiger partial charge in [0.05, 0.1) is 48.7 Å². The molecule has 42 heavy (non-hydrogen) atoms. The van der Waals surface area contributed by atoms with Crippen LogP contribution < -0.4 is 30.7 Å². The van der Waals surface area contributed by atoms with Crippen LogP contribution in [0.2, 0.25) is 0 Å². The summed E-state index contributed by atoms with van der Waals surface area (Å²) >= 11 is 0. The monoisotopic (exact) mass is 595 g/mol.